The van der Waals surface area contributed by atoms with Crippen LogP contribution in [-0.2, 0) is 9.47 Å². The van der Waals surface area contributed by atoms with E-state index in [9.17, 15) is 0 Å². The Balaban J connectivity index is 1.94. The minimum Gasteiger partial charge on any atom is -0.373 e. The van der Waals surface area contributed by atoms with Gasteiger partial charge in [0.25, 0.3) is 0 Å². The number of rotatable bonds is 1. The van der Waals surface area contributed by atoms with Gasteiger partial charge in [0.05, 0.1) is 24.4 Å². The molecule has 0 bridgehead atoms. The summed E-state index contributed by atoms with van der Waals surface area (Å²) in [7, 11) is 0. The second-order valence-electron chi connectivity index (χ2n) is 5.24. The van der Waals surface area contributed by atoms with Crippen molar-refractivity contribution in [1.29, 1.82) is 0 Å². The van der Waals surface area contributed by atoms with E-state index in [0.717, 1.165) is 19.6 Å². The Hall–Kier alpha value is -0.120. The second kappa shape index (κ2) is 3.80. The van der Waals surface area contributed by atoms with Crippen LogP contribution < -0.4 is 5.32 Å². The van der Waals surface area contributed by atoms with Crippen molar-refractivity contribution in [2.45, 2.75) is 57.5 Å². The third-order valence-corrected chi connectivity index (χ3v) is 2.85. The molecule has 0 aromatic rings. The van der Waals surface area contributed by atoms with Gasteiger partial charge in [0.1, 0.15) is 0 Å². The molecule has 1 saturated carbocycles. The van der Waals surface area contributed by atoms with Gasteiger partial charge in [-0.15, -0.1) is 0 Å². The van der Waals surface area contributed by atoms with E-state index in [1.54, 1.807) is 0 Å². The van der Waals surface area contributed by atoms with Gasteiger partial charge in [0, 0.05) is 12.6 Å². The molecule has 2 rings (SSSR count). The van der Waals surface area contributed by atoms with Crippen LogP contribution in [0.25, 0.3) is 0 Å². The van der Waals surface area contributed by atoms with Crippen molar-refractivity contribution in [3.8, 4) is 0 Å². The molecule has 0 radical (unpaired) electrons. The summed E-state index contributed by atoms with van der Waals surface area (Å²) in [6, 6.07) is 0.524. The largest absolute Gasteiger partial charge is 0.373 e. The average Bonchev–Trinajstić information content (AvgIpc) is 2.47. The van der Waals surface area contributed by atoms with Gasteiger partial charge in [-0.05, 0) is 33.6 Å². The van der Waals surface area contributed by atoms with E-state index in [0.29, 0.717) is 6.04 Å². The molecule has 0 amide bonds. The lowest BCUT2D eigenvalue weighted by Gasteiger charge is -2.33. The van der Waals surface area contributed by atoms with Crippen molar-refractivity contribution < 1.29 is 9.47 Å². The van der Waals surface area contributed by atoms with Crippen LogP contribution >= 0.6 is 0 Å². The van der Waals surface area contributed by atoms with E-state index >= 15 is 0 Å². The molecule has 0 unspecified atom stereocenters. The van der Waals surface area contributed by atoms with E-state index < -0.39 is 0 Å². The molecular weight excluding hydrogens is 178 g/mol. The predicted molar refractivity (Wildman–Crippen MR) is 55.4 cm³/mol. The van der Waals surface area contributed by atoms with Gasteiger partial charge in [-0.2, -0.15) is 0 Å². The maximum Gasteiger partial charge on any atom is 0.0989 e. The molecule has 0 aromatic carbocycles. The summed E-state index contributed by atoms with van der Waals surface area (Å²) in [5.74, 6) is 0. The molecule has 1 saturated heterocycles. The smallest absolute Gasteiger partial charge is 0.0989 e. The Morgan fingerprint density at radius 1 is 1.29 bits per heavy atom. The van der Waals surface area contributed by atoms with Crippen molar-refractivity contribution in [1.82, 2.24) is 5.32 Å². The van der Waals surface area contributed by atoms with Crippen LogP contribution in [0.3, 0.4) is 0 Å². The maximum absolute atomic E-state index is 6.00. The fraction of sp³-hybridized carbons (Fsp3) is 1.00. The Morgan fingerprint density at radius 2 is 2.07 bits per heavy atom. The summed E-state index contributed by atoms with van der Waals surface area (Å²) in [6.07, 6.45) is 2.88. The van der Waals surface area contributed by atoms with E-state index in [1.807, 2.05) is 0 Å². The second-order valence-corrected chi connectivity index (χ2v) is 5.24. The highest BCUT2D eigenvalue weighted by atomic mass is 16.6. The molecule has 3 heteroatoms. The zero-order chi connectivity index (χ0) is 10.2. The Kier molecular flexibility index (Phi) is 2.82. The maximum atomic E-state index is 6.00. The van der Waals surface area contributed by atoms with Crippen LogP contribution in [0.15, 0.2) is 0 Å². The van der Waals surface area contributed by atoms with Crippen LogP contribution in [-0.4, -0.2) is 37.0 Å². The van der Waals surface area contributed by atoms with E-state index in [-0.39, 0.29) is 17.8 Å². The lowest BCUT2D eigenvalue weighted by molar-refractivity contribution is -0.128. The third kappa shape index (κ3) is 2.27. The Labute approximate surface area is 86.2 Å². The number of hydrogen-bond acceptors (Lipinski definition) is 3. The van der Waals surface area contributed by atoms with Gasteiger partial charge in [-0.1, -0.05) is 0 Å². The van der Waals surface area contributed by atoms with Crippen molar-refractivity contribution in [2.24, 2.45) is 0 Å². The molecular formula is C11H21NO2. The molecule has 1 N–H and O–H groups in total. The van der Waals surface area contributed by atoms with Gasteiger partial charge in [0.15, 0.2) is 0 Å². The van der Waals surface area contributed by atoms with E-state index in [1.165, 1.54) is 6.42 Å². The SMILES string of the molecule is CC(C)(C)O[C@@H]1CC[C@H]2NCCO[C@H]21. The van der Waals surface area contributed by atoms with Gasteiger partial charge >= 0.3 is 0 Å². The van der Waals surface area contributed by atoms with Crippen molar-refractivity contribution in [3.05, 3.63) is 0 Å². The first-order chi connectivity index (χ1) is 6.56. The van der Waals surface area contributed by atoms with Crippen LogP contribution in [0.1, 0.15) is 33.6 Å². The van der Waals surface area contributed by atoms with Gasteiger partial charge in [-0.25, -0.2) is 0 Å². The Bertz CT molecular complexity index is 200. The highest BCUT2D eigenvalue weighted by Gasteiger charge is 2.40. The van der Waals surface area contributed by atoms with Crippen LogP contribution in [0.4, 0.5) is 0 Å². The lowest BCUT2D eigenvalue weighted by Crippen LogP contribution is -2.50. The fourth-order valence-corrected chi connectivity index (χ4v) is 2.39. The summed E-state index contributed by atoms with van der Waals surface area (Å²) < 4.78 is 11.8. The standard InChI is InChI=1S/C11H21NO2/c1-11(2,3)14-9-5-4-8-10(9)13-7-6-12-8/h8-10,12H,4-7H2,1-3H3/t8-,9-,10-/m1/s1. The zero-order valence-corrected chi connectivity index (χ0v) is 9.38. The summed E-state index contributed by atoms with van der Waals surface area (Å²) >= 11 is 0. The first kappa shape index (κ1) is 10.4. The normalized spacial score (nSPS) is 38.4. The molecule has 14 heavy (non-hydrogen) atoms. The van der Waals surface area contributed by atoms with Crippen LogP contribution in [0.2, 0.25) is 0 Å². The highest BCUT2D eigenvalue weighted by Crippen LogP contribution is 2.30. The molecule has 1 aliphatic carbocycles. The molecule has 1 aliphatic heterocycles. The minimum absolute atomic E-state index is 0.0552. The third-order valence-electron chi connectivity index (χ3n) is 2.85. The quantitative estimate of drug-likeness (QED) is 0.691. The number of hydrogen-bond donors (Lipinski definition) is 1. The molecule has 0 spiro atoms. The number of nitrogens with one attached hydrogen (secondary N) is 1. The van der Waals surface area contributed by atoms with Gasteiger partial charge < -0.3 is 14.8 Å². The molecule has 2 aliphatic rings. The van der Waals surface area contributed by atoms with Crippen molar-refractivity contribution in [3.63, 3.8) is 0 Å². The lowest BCUT2D eigenvalue weighted by atomic mass is 10.1. The minimum atomic E-state index is -0.0552. The van der Waals surface area contributed by atoms with E-state index in [2.05, 4.69) is 26.1 Å². The first-order valence-corrected chi connectivity index (χ1v) is 5.59. The van der Waals surface area contributed by atoms with E-state index in [4.69, 9.17) is 9.47 Å². The van der Waals surface area contributed by atoms with Crippen LogP contribution in [0.5, 0.6) is 0 Å². The summed E-state index contributed by atoms with van der Waals surface area (Å²) in [5, 5.41) is 3.49. The summed E-state index contributed by atoms with van der Waals surface area (Å²) in [5.41, 5.74) is -0.0552. The highest BCUT2D eigenvalue weighted by molar-refractivity contribution is 4.94. The topological polar surface area (TPSA) is 30.5 Å². The molecule has 0 aromatic heterocycles. The number of ether oxygens (including phenoxy) is 2. The molecule has 3 nitrogen and oxygen atoms in total. The monoisotopic (exact) mass is 199 g/mol. The van der Waals surface area contributed by atoms with Gasteiger partial charge in [-0.3, -0.25) is 0 Å². The predicted octanol–water partition coefficient (Wildman–Crippen LogP) is 1.32. The zero-order valence-electron chi connectivity index (χ0n) is 9.38. The molecule has 82 valence electrons. The number of morpholine rings is 1. The summed E-state index contributed by atoms with van der Waals surface area (Å²) in [6.45, 7) is 8.14. The first-order valence-electron chi connectivity index (χ1n) is 5.59. The molecule has 3 atom stereocenters. The van der Waals surface area contributed by atoms with Crippen LogP contribution in [0, 0.1) is 0 Å². The summed E-state index contributed by atoms with van der Waals surface area (Å²) in [4.78, 5) is 0. The molecule has 2 fully saturated rings. The molecule has 1 heterocycles. The average molecular weight is 199 g/mol. The van der Waals surface area contributed by atoms with Crippen molar-refractivity contribution in [2.75, 3.05) is 13.2 Å². The fourth-order valence-electron chi connectivity index (χ4n) is 2.39. The van der Waals surface area contributed by atoms with Gasteiger partial charge in [0.2, 0.25) is 0 Å². The van der Waals surface area contributed by atoms with Crippen molar-refractivity contribution >= 4 is 0 Å². The Morgan fingerprint density at radius 3 is 2.79 bits per heavy atom. The number of fused-ring (bicyclic) bond motifs is 1.